The van der Waals surface area contributed by atoms with E-state index in [9.17, 15) is 0 Å². The van der Waals surface area contributed by atoms with Crippen molar-refractivity contribution in [2.75, 3.05) is 26.7 Å². The maximum absolute atomic E-state index is 8.77. The summed E-state index contributed by atoms with van der Waals surface area (Å²) in [4.78, 5) is 2.08. The fourth-order valence-electron chi connectivity index (χ4n) is 1.52. The number of aliphatic hydroxyl groups excluding tert-OH is 1. The number of rotatable bonds is 6. The fourth-order valence-corrected chi connectivity index (χ4v) is 1.78. The molecule has 0 fully saturated rings. The van der Waals surface area contributed by atoms with E-state index in [1.54, 1.807) is 0 Å². The quantitative estimate of drug-likeness (QED) is 0.838. The highest BCUT2D eigenvalue weighted by molar-refractivity contribution is 9.10. The molecule has 0 heterocycles. The highest BCUT2D eigenvalue weighted by atomic mass is 79.9. The first kappa shape index (κ1) is 13.6. The number of hydrogen-bond acceptors (Lipinski definition) is 3. The van der Waals surface area contributed by atoms with Gasteiger partial charge in [0.15, 0.2) is 0 Å². The molecule has 0 aromatic heterocycles. The lowest BCUT2D eigenvalue weighted by Gasteiger charge is -2.18. The Balaban J connectivity index is 2.40. The zero-order valence-corrected chi connectivity index (χ0v) is 11.2. The topological polar surface area (TPSA) is 49.5 Å². The molecule has 1 atom stereocenters. The van der Waals surface area contributed by atoms with E-state index in [1.165, 1.54) is 0 Å². The Bertz CT molecular complexity index is 302. The first-order valence-electron chi connectivity index (χ1n) is 5.44. The van der Waals surface area contributed by atoms with Crippen LogP contribution in [0.15, 0.2) is 28.7 Å². The van der Waals surface area contributed by atoms with Gasteiger partial charge < -0.3 is 15.7 Å². The number of halogens is 1. The molecule has 1 rings (SSSR count). The monoisotopic (exact) mass is 286 g/mol. The van der Waals surface area contributed by atoms with Gasteiger partial charge in [-0.05, 0) is 37.7 Å². The van der Waals surface area contributed by atoms with Crippen molar-refractivity contribution < 1.29 is 5.11 Å². The summed E-state index contributed by atoms with van der Waals surface area (Å²) in [6, 6.07) is 8.16. The lowest BCUT2D eigenvalue weighted by Crippen LogP contribution is -2.26. The molecule has 0 aliphatic rings. The average molecular weight is 287 g/mol. The lowest BCUT2D eigenvalue weighted by molar-refractivity contribution is 0.217. The number of benzene rings is 1. The third-order valence-electron chi connectivity index (χ3n) is 2.60. The molecule has 0 radical (unpaired) electrons. The van der Waals surface area contributed by atoms with E-state index < -0.39 is 0 Å². The number of nitrogens with zero attached hydrogens (tertiary/aromatic N) is 1. The van der Waals surface area contributed by atoms with E-state index >= 15 is 0 Å². The predicted molar refractivity (Wildman–Crippen MR) is 70.3 cm³/mol. The summed E-state index contributed by atoms with van der Waals surface area (Å²) in [6.07, 6.45) is 0.901. The summed E-state index contributed by atoms with van der Waals surface area (Å²) in [7, 11) is 1.99. The van der Waals surface area contributed by atoms with Gasteiger partial charge >= 0.3 is 0 Å². The molecule has 3 N–H and O–H groups in total. The molecule has 0 saturated heterocycles. The highest BCUT2D eigenvalue weighted by Gasteiger charge is 2.07. The van der Waals surface area contributed by atoms with Crippen LogP contribution in [0.5, 0.6) is 0 Å². The van der Waals surface area contributed by atoms with Crippen LogP contribution in [0.4, 0.5) is 0 Å². The molecule has 4 heteroatoms. The standard InChI is InChI=1S/C12H19BrN2O/c1-15(8-9-16)7-6-12(14)10-2-4-11(13)5-3-10/h2-5,12,16H,6-9,14H2,1H3. The molecule has 0 aliphatic carbocycles. The minimum Gasteiger partial charge on any atom is -0.395 e. The van der Waals surface area contributed by atoms with E-state index in [1.807, 2.05) is 31.3 Å². The predicted octanol–water partition coefficient (Wildman–Crippen LogP) is 1.76. The summed E-state index contributed by atoms with van der Waals surface area (Å²) < 4.78 is 1.07. The summed E-state index contributed by atoms with van der Waals surface area (Å²) in [5.41, 5.74) is 7.24. The van der Waals surface area contributed by atoms with Gasteiger partial charge in [-0.25, -0.2) is 0 Å². The summed E-state index contributed by atoms with van der Waals surface area (Å²) in [5, 5.41) is 8.77. The number of likely N-dealkylation sites (N-methyl/N-ethyl adjacent to an activating group) is 1. The average Bonchev–Trinajstić information content (AvgIpc) is 2.27. The summed E-state index contributed by atoms with van der Waals surface area (Å²) in [6.45, 7) is 1.80. The Hall–Kier alpha value is -0.420. The molecule has 0 aliphatic heterocycles. The Morgan fingerprint density at radius 1 is 1.31 bits per heavy atom. The Morgan fingerprint density at radius 3 is 2.50 bits per heavy atom. The molecule has 0 spiro atoms. The summed E-state index contributed by atoms with van der Waals surface area (Å²) in [5.74, 6) is 0. The molecule has 1 aromatic rings. The molecular weight excluding hydrogens is 268 g/mol. The Kier molecular flexibility index (Phi) is 5.98. The van der Waals surface area contributed by atoms with Gasteiger partial charge in [0.1, 0.15) is 0 Å². The Labute approximate surface area is 105 Å². The van der Waals surface area contributed by atoms with Crippen molar-refractivity contribution in [3.63, 3.8) is 0 Å². The number of hydrogen-bond donors (Lipinski definition) is 2. The molecule has 16 heavy (non-hydrogen) atoms. The van der Waals surface area contributed by atoms with Crippen LogP contribution in [-0.4, -0.2) is 36.8 Å². The number of nitrogens with two attached hydrogens (primary N) is 1. The zero-order chi connectivity index (χ0) is 12.0. The van der Waals surface area contributed by atoms with Gasteiger partial charge in [0, 0.05) is 17.1 Å². The van der Waals surface area contributed by atoms with Crippen LogP contribution in [0.3, 0.4) is 0 Å². The molecule has 0 saturated carbocycles. The van der Waals surface area contributed by atoms with Crippen molar-refractivity contribution >= 4 is 15.9 Å². The smallest absolute Gasteiger partial charge is 0.0558 e. The maximum atomic E-state index is 8.77. The minimum absolute atomic E-state index is 0.0641. The van der Waals surface area contributed by atoms with Crippen LogP contribution in [0.25, 0.3) is 0 Å². The van der Waals surface area contributed by atoms with E-state index in [0.29, 0.717) is 6.54 Å². The zero-order valence-electron chi connectivity index (χ0n) is 9.56. The van der Waals surface area contributed by atoms with Crippen LogP contribution in [0.1, 0.15) is 18.0 Å². The van der Waals surface area contributed by atoms with Crippen molar-refractivity contribution in [1.29, 1.82) is 0 Å². The lowest BCUT2D eigenvalue weighted by atomic mass is 10.0. The van der Waals surface area contributed by atoms with Gasteiger partial charge in [0.05, 0.1) is 6.61 Å². The third-order valence-corrected chi connectivity index (χ3v) is 3.13. The molecule has 0 bridgehead atoms. The van der Waals surface area contributed by atoms with E-state index in [4.69, 9.17) is 10.8 Å². The van der Waals surface area contributed by atoms with Crippen molar-refractivity contribution in [2.24, 2.45) is 5.73 Å². The largest absolute Gasteiger partial charge is 0.395 e. The third kappa shape index (κ3) is 4.61. The Morgan fingerprint density at radius 2 is 1.94 bits per heavy atom. The molecule has 1 unspecified atom stereocenters. The van der Waals surface area contributed by atoms with Gasteiger partial charge in [0.25, 0.3) is 0 Å². The number of aliphatic hydroxyl groups is 1. The van der Waals surface area contributed by atoms with Gasteiger partial charge in [-0.3, -0.25) is 0 Å². The van der Waals surface area contributed by atoms with Crippen molar-refractivity contribution in [3.05, 3.63) is 34.3 Å². The van der Waals surface area contributed by atoms with Crippen LogP contribution in [0.2, 0.25) is 0 Å². The van der Waals surface area contributed by atoms with Gasteiger partial charge in [-0.2, -0.15) is 0 Å². The van der Waals surface area contributed by atoms with Crippen LogP contribution < -0.4 is 5.73 Å². The molecule has 0 amide bonds. The highest BCUT2D eigenvalue weighted by Crippen LogP contribution is 2.17. The second-order valence-corrected chi connectivity index (χ2v) is 4.89. The van der Waals surface area contributed by atoms with Gasteiger partial charge in [0.2, 0.25) is 0 Å². The first-order chi connectivity index (χ1) is 7.63. The minimum atomic E-state index is 0.0641. The molecule has 1 aromatic carbocycles. The fraction of sp³-hybridized carbons (Fsp3) is 0.500. The summed E-state index contributed by atoms with van der Waals surface area (Å²) >= 11 is 3.40. The van der Waals surface area contributed by atoms with Gasteiger partial charge in [-0.15, -0.1) is 0 Å². The normalized spacial score (nSPS) is 13.1. The molecule has 3 nitrogen and oxygen atoms in total. The van der Waals surface area contributed by atoms with Crippen molar-refractivity contribution in [1.82, 2.24) is 4.90 Å². The van der Waals surface area contributed by atoms with Crippen molar-refractivity contribution in [3.8, 4) is 0 Å². The van der Waals surface area contributed by atoms with Gasteiger partial charge in [-0.1, -0.05) is 28.1 Å². The van der Waals surface area contributed by atoms with Crippen molar-refractivity contribution in [2.45, 2.75) is 12.5 Å². The van der Waals surface area contributed by atoms with E-state index in [-0.39, 0.29) is 12.6 Å². The van der Waals surface area contributed by atoms with Crippen LogP contribution in [0, 0.1) is 0 Å². The SMILES string of the molecule is CN(CCO)CCC(N)c1ccc(Br)cc1. The molecule has 90 valence electrons. The van der Waals surface area contributed by atoms with Crippen LogP contribution >= 0.6 is 15.9 Å². The second-order valence-electron chi connectivity index (χ2n) is 3.97. The van der Waals surface area contributed by atoms with E-state index in [0.717, 1.165) is 23.0 Å². The second kappa shape index (κ2) is 7.01. The maximum Gasteiger partial charge on any atom is 0.0558 e. The van der Waals surface area contributed by atoms with Crippen LogP contribution in [-0.2, 0) is 0 Å². The molecular formula is C12H19BrN2O. The van der Waals surface area contributed by atoms with E-state index in [2.05, 4.69) is 20.8 Å². The first-order valence-corrected chi connectivity index (χ1v) is 6.23.